The topological polar surface area (TPSA) is 12.9 Å². The Hall–Kier alpha value is -0.747. The SMILES string of the molecule is Cc1cc(-c2ccccc2C)c[c]([Bi])n1. The molecule has 1 heterocycles. The van der Waals surface area contributed by atoms with E-state index in [2.05, 4.69) is 55.2 Å². The molecule has 2 aromatic rings. The molecular formula is C13H12BiN. The van der Waals surface area contributed by atoms with Crippen LogP contribution in [0.25, 0.3) is 11.1 Å². The Morgan fingerprint density at radius 2 is 1.80 bits per heavy atom. The fourth-order valence-corrected chi connectivity index (χ4v) is 2.86. The summed E-state index contributed by atoms with van der Waals surface area (Å²) in [5.74, 6) is 0. The second-order valence-electron chi connectivity index (χ2n) is 3.67. The number of pyridine rings is 1. The van der Waals surface area contributed by atoms with E-state index in [1.807, 2.05) is 0 Å². The van der Waals surface area contributed by atoms with Crippen molar-refractivity contribution in [2.75, 3.05) is 0 Å². The molecule has 0 unspecified atom stereocenters. The number of benzene rings is 1. The quantitative estimate of drug-likeness (QED) is 0.680. The van der Waals surface area contributed by atoms with Crippen LogP contribution in [0.3, 0.4) is 0 Å². The van der Waals surface area contributed by atoms with E-state index in [-0.39, 0.29) is 0 Å². The Morgan fingerprint density at radius 1 is 1.07 bits per heavy atom. The summed E-state index contributed by atoms with van der Waals surface area (Å²) < 4.78 is 1.19. The molecule has 0 aliphatic heterocycles. The molecule has 1 nitrogen and oxygen atoms in total. The predicted molar refractivity (Wildman–Crippen MR) is 64.5 cm³/mol. The van der Waals surface area contributed by atoms with E-state index in [9.17, 15) is 0 Å². The molecule has 0 saturated carbocycles. The summed E-state index contributed by atoms with van der Waals surface area (Å²) in [6.07, 6.45) is 0. The molecule has 74 valence electrons. The molecule has 0 fully saturated rings. The Labute approximate surface area is 105 Å². The van der Waals surface area contributed by atoms with Gasteiger partial charge < -0.3 is 0 Å². The maximum atomic E-state index is 4.44. The van der Waals surface area contributed by atoms with Gasteiger partial charge in [-0.1, -0.05) is 0 Å². The van der Waals surface area contributed by atoms with E-state index >= 15 is 0 Å². The van der Waals surface area contributed by atoms with E-state index in [0.717, 1.165) is 5.69 Å². The first-order chi connectivity index (χ1) is 7.16. The second kappa shape index (κ2) is 4.41. The fraction of sp³-hybridized carbons (Fsp3) is 0.154. The van der Waals surface area contributed by atoms with Crippen molar-refractivity contribution in [3.8, 4) is 11.1 Å². The van der Waals surface area contributed by atoms with Crippen LogP contribution in [0.1, 0.15) is 11.3 Å². The van der Waals surface area contributed by atoms with Crippen LogP contribution in [0, 0.1) is 13.8 Å². The molecule has 2 heteroatoms. The van der Waals surface area contributed by atoms with Gasteiger partial charge in [0, 0.05) is 0 Å². The molecule has 0 N–H and O–H groups in total. The van der Waals surface area contributed by atoms with Crippen molar-refractivity contribution in [3.63, 3.8) is 0 Å². The summed E-state index contributed by atoms with van der Waals surface area (Å²) in [6, 6.07) is 12.8. The second-order valence-corrected chi connectivity index (χ2v) is 5.45. The van der Waals surface area contributed by atoms with Gasteiger partial charge in [0.2, 0.25) is 0 Å². The zero-order valence-electron chi connectivity index (χ0n) is 8.86. The van der Waals surface area contributed by atoms with Crippen molar-refractivity contribution >= 4 is 28.1 Å². The van der Waals surface area contributed by atoms with Crippen LogP contribution in [-0.2, 0) is 0 Å². The van der Waals surface area contributed by atoms with Gasteiger partial charge in [-0.15, -0.1) is 0 Å². The Balaban J connectivity index is 2.59. The van der Waals surface area contributed by atoms with Crippen LogP contribution in [0.4, 0.5) is 0 Å². The molecule has 2 rings (SSSR count). The molecule has 2 radical (unpaired) electrons. The summed E-state index contributed by atoms with van der Waals surface area (Å²) in [7, 11) is 0. The number of hydrogen-bond acceptors (Lipinski definition) is 1. The minimum atomic E-state index is 1.10. The molecule has 0 aliphatic carbocycles. The van der Waals surface area contributed by atoms with Crippen molar-refractivity contribution in [2.24, 2.45) is 0 Å². The molecule has 0 spiro atoms. The van der Waals surface area contributed by atoms with Gasteiger partial charge >= 0.3 is 106 Å². The summed E-state index contributed by atoms with van der Waals surface area (Å²) in [6.45, 7) is 4.20. The van der Waals surface area contributed by atoms with Crippen molar-refractivity contribution < 1.29 is 0 Å². The molecule has 0 amide bonds. The summed E-state index contributed by atoms with van der Waals surface area (Å²) in [5.41, 5.74) is 5.03. The van der Waals surface area contributed by atoms with Gasteiger partial charge in [-0.3, -0.25) is 0 Å². The van der Waals surface area contributed by atoms with Gasteiger partial charge in [0.25, 0.3) is 0 Å². The predicted octanol–water partition coefficient (Wildman–Crippen LogP) is 2.16. The van der Waals surface area contributed by atoms with Gasteiger partial charge in [0.1, 0.15) is 0 Å². The molecule has 0 atom stereocenters. The summed E-state index contributed by atoms with van der Waals surface area (Å²) in [5, 5.41) is 0. The first-order valence-electron chi connectivity index (χ1n) is 4.90. The fourth-order valence-electron chi connectivity index (χ4n) is 1.70. The van der Waals surface area contributed by atoms with Crippen molar-refractivity contribution in [1.82, 2.24) is 4.98 Å². The Morgan fingerprint density at radius 3 is 2.47 bits per heavy atom. The van der Waals surface area contributed by atoms with Crippen LogP contribution < -0.4 is 3.40 Å². The van der Waals surface area contributed by atoms with Gasteiger partial charge in [-0.25, -0.2) is 0 Å². The zero-order chi connectivity index (χ0) is 10.8. The Kier molecular flexibility index (Phi) is 3.16. The summed E-state index contributed by atoms with van der Waals surface area (Å²) >= 11 is 1.21. The van der Waals surface area contributed by atoms with Crippen LogP contribution in [0.2, 0.25) is 0 Å². The average Bonchev–Trinajstić information content (AvgIpc) is 2.16. The van der Waals surface area contributed by atoms with E-state index in [1.165, 1.54) is 44.8 Å². The molecular weight excluding hydrogens is 379 g/mol. The van der Waals surface area contributed by atoms with Crippen LogP contribution in [0.15, 0.2) is 36.4 Å². The number of nitrogens with zero attached hydrogens (tertiary/aromatic N) is 1. The van der Waals surface area contributed by atoms with Gasteiger partial charge in [-0.2, -0.15) is 0 Å². The van der Waals surface area contributed by atoms with Crippen molar-refractivity contribution in [3.05, 3.63) is 47.7 Å². The number of rotatable bonds is 1. The Bertz CT molecular complexity index is 471. The molecule has 1 aromatic heterocycles. The van der Waals surface area contributed by atoms with E-state index < -0.39 is 0 Å². The van der Waals surface area contributed by atoms with E-state index in [4.69, 9.17) is 0 Å². The molecule has 0 aliphatic rings. The normalized spacial score (nSPS) is 10.3. The van der Waals surface area contributed by atoms with Crippen LogP contribution in [0.5, 0.6) is 0 Å². The van der Waals surface area contributed by atoms with E-state index in [0.29, 0.717) is 0 Å². The third kappa shape index (κ3) is 2.44. The first-order valence-corrected chi connectivity index (χ1v) is 6.64. The third-order valence-electron chi connectivity index (χ3n) is 2.40. The van der Waals surface area contributed by atoms with Crippen LogP contribution in [-0.4, -0.2) is 29.7 Å². The standard InChI is InChI=1S/C13H12N.Bi/c1-10-5-3-4-6-13(10)12-7-8-14-11(2)9-12;/h3-7,9H,1-2H3;. The van der Waals surface area contributed by atoms with Gasteiger partial charge in [0.15, 0.2) is 0 Å². The molecule has 0 bridgehead atoms. The third-order valence-corrected chi connectivity index (χ3v) is 3.29. The van der Waals surface area contributed by atoms with Crippen molar-refractivity contribution in [2.45, 2.75) is 13.8 Å². The molecule has 1 aromatic carbocycles. The van der Waals surface area contributed by atoms with Gasteiger partial charge in [-0.05, 0) is 0 Å². The molecule has 0 saturated heterocycles. The minimum absolute atomic E-state index is 1.10. The zero-order valence-corrected chi connectivity index (χ0v) is 12.3. The number of aromatic nitrogens is 1. The summed E-state index contributed by atoms with van der Waals surface area (Å²) in [4.78, 5) is 4.44. The molecule has 15 heavy (non-hydrogen) atoms. The van der Waals surface area contributed by atoms with Crippen LogP contribution >= 0.6 is 0 Å². The number of hydrogen-bond donors (Lipinski definition) is 0. The van der Waals surface area contributed by atoms with Gasteiger partial charge in [0.05, 0.1) is 0 Å². The van der Waals surface area contributed by atoms with E-state index in [1.54, 1.807) is 0 Å². The number of aryl methyl sites for hydroxylation is 2. The monoisotopic (exact) mass is 391 g/mol. The maximum absolute atomic E-state index is 4.44. The first kappa shape index (κ1) is 10.8. The van der Waals surface area contributed by atoms with Crippen molar-refractivity contribution in [1.29, 1.82) is 0 Å². The average molecular weight is 391 g/mol.